The van der Waals surface area contributed by atoms with E-state index >= 15 is 0 Å². The lowest BCUT2D eigenvalue weighted by atomic mass is 10.1. The summed E-state index contributed by atoms with van der Waals surface area (Å²) in [4.78, 5) is 26.2. The van der Waals surface area contributed by atoms with Gasteiger partial charge in [0.25, 0.3) is 11.4 Å². The molecular formula is C34H32N6O4. The van der Waals surface area contributed by atoms with Crippen molar-refractivity contribution >= 4 is 56.9 Å². The number of hydrogen-bond donors (Lipinski definition) is 2. The van der Waals surface area contributed by atoms with Gasteiger partial charge in [-0.05, 0) is 124 Å². The monoisotopic (exact) mass is 588 g/mol. The van der Waals surface area contributed by atoms with Gasteiger partial charge in [0.15, 0.2) is 0 Å². The molecule has 0 radical (unpaired) electrons. The Labute approximate surface area is 255 Å². The lowest BCUT2D eigenvalue weighted by Gasteiger charge is -2.29. The third-order valence-electron chi connectivity index (χ3n) is 7.66. The Morgan fingerprint density at radius 3 is 1.00 bits per heavy atom. The van der Waals surface area contributed by atoms with Crippen LogP contribution in [0.1, 0.15) is 22.3 Å². The first-order valence-corrected chi connectivity index (χ1v) is 13.9. The predicted molar refractivity (Wildman–Crippen MR) is 177 cm³/mol. The van der Waals surface area contributed by atoms with Crippen LogP contribution < -0.4 is 21.3 Å². The molecule has 0 spiro atoms. The van der Waals surface area contributed by atoms with Crippen molar-refractivity contribution in [1.82, 2.24) is 0 Å². The summed E-state index contributed by atoms with van der Waals surface area (Å²) in [6.07, 6.45) is 0. The van der Waals surface area contributed by atoms with E-state index in [1.165, 1.54) is 12.1 Å². The first-order chi connectivity index (χ1) is 20.9. The van der Waals surface area contributed by atoms with E-state index in [0.717, 1.165) is 33.9 Å². The van der Waals surface area contributed by atoms with Crippen LogP contribution in [0, 0.1) is 47.9 Å². The van der Waals surface area contributed by atoms with Gasteiger partial charge in [-0.15, -0.1) is 0 Å². The van der Waals surface area contributed by atoms with Crippen molar-refractivity contribution < 1.29 is 9.85 Å². The van der Waals surface area contributed by atoms with E-state index in [9.17, 15) is 20.2 Å². The van der Waals surface area contributed by atoms with Gasteiger partial charge in [0.2, 0.25) is 0 Å². The SMILES string of the molecule is Cc1cc(N(c2ccc(N(c3ccc([N+](=O)[O-])c(C)c3)c3ccc([N+](=O)[O-])c(C)c3)cc2)c2ccc(N)c(C)c2)ccc1N. The van der Waals surface area contributed by atoms with Crippen molar-refractivity contribution in [3.8, 4) is 0 Å². The number of hydrogen-bond acceptors (Lipinski definition) is 8. The second-order valence-electron chi connectivity index (χ2n) is 10.7. The summed E-state index contributed by atoms with van der Waals surface area (Å²) >= 11 is 0. The van der Waals surface area contributed by atoms with Crippen LogP contribution in [0.5, 0.6) is 0 Å². The van der Waals surface area contributed by atoms with Crippen LogP contribution in [0.15, 0.2) is 97.1 Å². The molecule has 10 nitrogen and oxygen atoms in total. The van der Waals surface area contributed by atoms with E-state index in [4.69, 9.17) is 11.5 Å². The van der Waals surface area contributed by atoms with Gasteiger partial charge in [-0.25, -0.2) is 0 Å². The maximum absolute atomic E-state index is 11.5. The summed E-state index contributed by atoms with van der Waals surface area (Å²) in [6, 6.07) is 29.4. The van der Waals surface area contributed by atoms with Crippen molar-refractivity contribution in [2.45, 2.75) is 27.7 Å². The Bertz CT molecular complexity index is 1790. The third kappa shape index (κ3) is 5.73. The fraction of sp³-hybridized carbons (Fsp3) is 0.118. The standard InChI is InChI=1S/C34H32N6O4/c1-21-17-27(9-13-31(21)35)37(28-10-14-32(36)22(2)18-28)25-5-7-26(8-6-25)38(29-11-15-33(39(41)42)23(3)19-29)30-12-16-34(40(43)44)24(4)20-30/h5-20H,35-36H2,1-4H3. The molecule has 0 aliphatic carbocycles. The molecule has 0 unspecified atom stereocenters. The summed E-state index contributed by atoms with van der Waals surface area (Å²) in [7, 11) is 0. The molecule has 5 aromatic carbocycles. The van der Waals surface area contributed by atoms with E-state index in [2.05, 4.69) is 4.90 Å². The lowest BCUT2D eigenvalue weighted by molar-refractivity contribution is -0.385. The summed E-state index contributed by atoms with van der Waals surface area (Å²) in [5, 5.41) is 23.0. The average molecular weight is 589 g/mol. The van der Waals surface area contributed by atoms with E-state index < -0.39 is 9.85 Å². The van der Waals surface area contributed by atoms with Gasteiger partial charge < -0.3 is 21.3 Å². The Kier molecular flexibility index (Phi) is 7.91. The summed E-state index contributed by atoms with van der Waals surface area (Å²) in [5.41, 5.74) is 21.4. The molecule has 0 fully saturated rings. The minimum absolute atomic E-state index is 0.0113. The molecule has 0 atom stereocenters. The largest absolute Gasteiger partial charge is 0.399 e. The topological polar surface area (TPSA) is 145 Å². The van der Waals surface area contributed by atoms with Gasteiger partial charge in [-0.1, -0.05) is 0 Å². The average Bonchev–Trinajstić information content (AvgIpc) is 2.97. The van der Waals surface area contributed by atoms with Crippen molar-refractivity contribution in [2.24, 2.45) is 0 Å². The lowest BCUT2D eigenvalue weighted by Crippen LogP contribution is -2.13. The van der Waals surface area contributed by atoms with Crippen molar-refractivity contribution in [3.63, 3.8) is 0 Å². The fourth-order valence-corrected chi connectivity index (χ4v) is 5.21. The zero-order chi connectivity index (χ0) is 31.7. The Hall–Kier alpha value is -5.90. The van der Waals surface area contributed by atoms with Crippen LogP contribution in [0.25, 0.3) is 0 Å². The molecule has 4 N–H and O–H groups in total. The number of aryl methyl sites for hydroxylation is 4. The molecule has 0 aliphatic rings. The minimum atomic E-state index is -0.416. The predicted octanol–water partition coefficient (Wildman–Crippen LogP) is 8.84. The molecule has 0 amide bonds. The Balaban J connectivity index is 1.65. The number of benzene rings is 5. The zero-order valence-corrected chi connectivity index (χ0v) is 24.8. The van der Waals surface area contributed by atoms with Gasteiger partial charge in [0, 0.05) is 68.8 Å². The van der Waals surface area contributed by atoms with Crippen LogP contribution >= 0.6 is 0 Å². The number of rotatable bonds is 8. The van der Waals surface area contributed by atoms with Crippen LogP contribution in [0.2, 0.25) is 0 Å². The first kappa shape index (κ1) is 29.6. The Morgan fingerprint density at radius 2 is 0.727 bits per heavy atom. The van der Waals surface area contributed by atoms with Crippen molar-refractivity contribution in [1.29, 1.82) is 0 Å². The van der Waals surface area contributed by atoms with Crippen LogP contribution in [-0.4, -0.2) is 9.85 Å². The molecular weight excluding hydrogens is 556 g/mol. The van der Waals surface area contributed by atoms with Crippen LogP contribution in [0.4, 0.5) is 56.9 Å². The van der Waals surface area contributed by atoms with Crippen LogP contribution in [-0.2, 0) is 0 Å². The first-order valence-electron chi connectivity index (χ1n) is 13.9. The fourth-order valence-electron chi connectivity index (χ4n) is 5.21. The van der Waals surface area contributed by atoms with E-state index in [-0.39, 0.29) is 11.4 Å². The zero-order valence-electron chi connectivity index (χ0n) is 24.8. The number of nitrogens with zero attached hydrogens (tertiary/aromatic N) is 4. The van der Waals surface area contributed by atoms with Crippen molar-refractivity contribution in [2.75, 3.05) is 21.3 Å². The molecule has 5 rings (SSSR count). The number of nitrogens with two attached hydrogens (primary N) is 2. The molecule has 0 bridgehead atoms. The van der Waals surface area contributed by atoms with Gasteiger partial charge in [0.05, 0.1) is 9.85 Å². The molecule has 44 heavy (non-hydrogen) atoms. The van der Waals surface area contributed by atoms with Gasteiger partial charge in [-0.2, -0.15) is 0 Å². The number of nitro groups is 2. The van der Waals surface area contributed by atoms with E-state index in [1.807, 2.05) is 79.4 Å². The molecule has 0 saturated heterocycles. The summed E-state index contributed by atoms with van der Waals surface area (Å²) < 4.78 is 0. The molecule has 0 aromatic heterocycles. The molecule has 222 valence electrons. The highest BCUT2D eigenvalue weighted by atomic mass is 16.6. The highest BCUT2D eigenvalue weighted by Crippen LogP contribution is 2.41. The third-order valence-corrected chi connectivity index (χ3v) is 7.66. The number of anilines is 8. The van der Waals surface area contributed by atoms with Gasteiger partial charge in [-0.3, -0.25) is 20.2 Å². The summed E-state index contributed by atoms with van der Waals surface area (Å²) in [6.45, 7) is 7.30. The second kappa shape index (κ2) is 11.8. The van der Waals surface area contributed by atoms with Gasteiger partial charge in [0.1, 0.15) is 0 Å². The minimum Gasteiger partial charge on any atom is -0.399 e. The molecule has 0 aliphatic heterocycles. The number of nitro benzene ring substituents is 2. The van der Waals surface area contributed by atoms with Gasteiger partial charge >= 0.3 is 0 Å². The maximum atomic E-state index is 11.5. The maximum Gasteiger partial charge on any atom is 0.272 e. The quantitative estimate of drug-likeness (QED) is 0.104. The molecule has 5 aromatic rings. The number of nitrogen functional groups attached to an aromatic ring is 2. The smallest absolute Gasteiger partial charge is 0.272 e. The van der Waals surface area contributed by atoms with E-state index in [1.54, 1.807) is 38.1 Å². The molecule has 0 heterocycles. The second-order valence-corrected chi connectivity index (χ2v) is 10.7. The highest BCUT2D eigenvalue weighted by Gasteiger charge is 2.21. The summed E-state index contributed by atoms with van der Waals surface area (Å²) in [5.74, 6) is 0. The van der Waals surface area contributed by atoms with Crippen molar-refractivity contribution in [3.05, 3.63) is 140 Å². The highest BCUT2D eigenvalue weighted by molar-refractivity contribution is 5.83. The van der Waals surface area contributed by atoms with Crippen LogP contribution in [0.3, 0.4) is 0 Å². The molecule has 0 saturated carbocycles. The normalized spacial score (nSPS) is 10.8. The van der Waals surface area contributed by atoms with E-state index in [0.29, 0.717) is 33.9 Å². The Morgan fingerprint density at radius 1 is 0.455 bits per heavy atom. The molecule has 10 heteroatoms.